The molecule has 0 aliphatic rings. The SMILES string of the molecule is COC(=O)C(C)(C)Cc1cc2ccc(C(C)C)cc2n1CC(C)C. The van der Waals surface area contributed by atoms with Crippen LogP contribution in [0.25, 0.3) is 10.9 Å². The van der Waals surface area contributed by atoms with Crippen molar-refractivity contribution in [3.63, 3.8) is 0 Å². The normalized spacial score (nSPS) is 12.4. The van der Waals surface area contributed by atoms with Crippen LogP contribution in [0.4, 0.5) is 0 Å². The summed E-state index contributed by atoms with van der Waals surface area (Å²) in [7, 11) is 1.46. The smallest absolute Gasteiger partial charge is 0.311 e. The van der Waals surface area contributed by atoms with E-state index < -0.39 is 5.41 Å². The highest BCUT2D eigenvalue weighted by molar-refractivity contribution is 5.83. The lowest BCUT2D eigenvalue weighted by Crippen LogP contribution is -2.29. The summed E-state index contributed by atoms with van der Waals surface area (Å²) in [6, 6.07) is 8.95. The Morgan fingerprint density at radius 1 is 1.17 bits per heavy atom. The standard InChI is InChI=1S/C21H31NO2/c1-14(2)13-22-18(12-21(5,6)20(23)24-7)10-17-9-8-16(15(3)4)11-19(17)22/h8-11,14-15H,12-13H2,1-7H3. The predicted octanol–water partition coefficient (Wildman–Crippen LogP) is 5.16. The first-order valence-electron chi connectivity index (χ1n) is 8.86. The van der Waals surface area contributed by atoms with Crippen LogP contribution >= 0.6 is 0 Å². The van der Waals surface area contributed by atoms with Crippen molar-refractivity contribution in [1.82, 2.24) is 4.57 Å². The number of carbonyl (C=O) groups is 1. The third kappa shape index (κ3) is 3.82. The maximum Gasteiger partial charge on any atom is 0.311 e. The summed E-state index contributed by atoms with van der Waals surface area (Å²) < 4.78 is 7.37. The van der Waals surface area contributed by atoms with E-state index in [4.69, 9.17) is 4.74 Å². The molecule has 0 spiro atoms. The number of methoxy groups -OCH3 is 1. The van der Waals surface area contributed by atoms with Gasteiger partial charge in [0.05, 0.1) is 12.5 Å². The summed E-state index contributed by atoms with van der Waals surface area (Å²) in [6.07, 6.45) is 0.679. The second-order valence-electron chi connectivity index (χ2n) is 8.17. The average molecular weight is 329 g/mol. The number of nitrogens with zero attached hydrogens (tertiary/aromatic N) is 1. The van der Waals surface area contributed by atoms with Crippen LogP contribution in [0.2, 0.25) is 0 Å². The van der Waals surface area contributed by atoms with Crippen molar-refractivity contribution in [3.8, 4) is 0 Å². The second kappa shape index (κ2) is 7.00. The summed E-state index contributed by atoms with van der Waals surface area (Å²) in [5, 5.41) is 1.25. The first-order chi connectivity index (χ1) is 11.2. The highest BCUT2D eigenvalue weighted by Gasteiger charge is 2.30. The van der Waals surface area contributed by atoms with E-state index in [9.17, 15) is 4.79 Å². The number of fused-ring (bicyclic) bond motifs is 1. The van der Waals surface area contributed by atoms with Crippen molar-refractivity contribution in [2.45, 2.75) is 60.4 Å². The molecule has 3 heteroatoms. The number of carbonyl (C=O) groups excluding carboxylic acids is 1. The lowest BCUT2D eigenvalue weighted by molar-refractivity contribution is -0.150. The molecule has 0 N–H and O–H groups in total. The predicted molar refractivity (Wildman–Crippen MR) is 100 cm³/mol. The molecule has 0 amide bonds. The maximum atomic E-state index is 12.1. The molecule has 1 heterocycles. The van der Waals surface area contributed by atoms with Gasteiger partial charge in [-0.15, -0.1) is 0 Å². The van der Waals surface area contributed by atoms with E-state index in [0.29, 0.717) is 18.3 Å². The van der Waals surface area contributed by atoms with Gasteiger partial charge in [-0.1, -0.05) is 39.8 Å². The van der Waals surface area contributed by atoms with Crippen LogP contribution in [0.15, 0.2) is 24.3 Å². The first kappa shape index (κ1) is 18.6. The van der Waals surface area contributed by atoms with Gasteiger partial charge < -0.3 is 9.30 Å². The van der Waals surface area contributed by atoms with Gasteiger partial charge in [0.2, 0.25) is 0 Å². The summed E-state index contributed by atoms with van der Waals surface area (Å²) >= 11 is 0. The van der Waals surface area contributed by atoms with E-state index in [0.717, 1.165) is 6.54 Å². The molecule has 1 aromatic heterocycles. The van der Waals surface area contributed by atoms with Crippen LogP contribution in [0, 0.1) is 11.3 Å². The Labute approximate surface area is 146 Å². The summed E-state index contributed by atoms with van der Waals surface area (Å²) in [4.78, 5) is 12.1. The molecule has 1 aromatic carbocycles. The molecule has 2 aromatic rings. The molecular weight excluding hydrogens is 298 g/mol. The Hall–Kier alpha value is -1.77. The lowest BCUT2D eigenvalue weighted by atomic mass is 9.88. The molecule has 0 atom stereocenters. The van der Waals surface area contributed by atoms with Crippen molar-refractivity contribution in [1.29, 1.82) is 0 Å². The van der Waals surface area contributed by atoms with Gasteiger partial charge in [0.15, 0.2) is 0 Å². The van der Waals surface area contributed by atoms with Gasteiger partial charge in [-0.05, 0) is 48.8 Å². The fraction of sp³-hybridized carbons (Fsp3) is 0.571. The summed E-state index contributed by atoms with van der Waals surface area (Å²) in [5.74, 6) is 0.891. The molecule has 3 nitrogen and oxygen atoms in total. The Kier molecular flexibility index (Phi) is 5.42. The number of hydrogen-bond acceptors (Lipinski definition) is 2. The monoisotopic (exact) mass is 329 g/mol. The number of aromatic nitrogens is 1. The first-order valence-corrected chi connectivity index (χ1v) is 8.86. The van der Waals surface area contributed by atoms with Crippen molar-refractivity contribution in [3.05, 3.63) is 35.5 Å². The van der Waals surface area contributed by atoms with Gasteiger partial charge in [-0.3, -0.25) is 4.79 Å². The molecule has 24 heavy (non-hydrogen) atoms. The molecule has 132 valence electrons. The molecule has 0 saturated carbocycles. The summed E-state index contributed by atoms with van der Waals surface area (Å²) in [5.41, 5.74) is 3.29. The minimum atomic E-state index is -0.529. The van der Waals surface area contributed by atoms with Crippen molar-refractivity contribution in [2.24, 2.45) is 11.3 Å². The molecule has 0 bridgehead atoms. The van der Waals surface area contributed by atoms with Gasteiger partial charge in [-0.25, -0.2) is 0 Å². The third-order valence-electron chi connectivity index (χ3n) is 4.59. The van der Waals surface area contributed by atoms with Gasteiger partial charge >= 0.3 is 5.97 Å². The number of ether oxygens (including phenoxy) is 1. The van der Waals surface area contributed by atoms with Gasteiger partial charge in [-0.2, -0.15) is 0 Å². The fourth-order valence-corrected chi connectivity index (χ4v) is 3.22. The van der Waals surface area contributed by atoms with Gasteiger partial charge in [0.1, 0.15) is 0 Å². The Morgan fingerprint density at radius 3 is 2.38 bits per heavy atom. The van der Waals surface area contributed by atoms with E-state index in [1.165, 1.54) is 29.3 Å². The van der Waals surface area contributed by atoms with E-state index in [2.05, 4.69) is 56.5 Å². The van der Waals surface area contributed by atoms with Crippen LogP contribution in [-0.2, 0) is 22.5 Å². The quantitative estimate of drug-likeness (QED) is 0.685. The second-order valence-corrected chi connectivity index (χ2v) is 8.17. The number of benzene rings is 1. The van der Waals surface area contributed by atoms with Crippen LogP contribution < -0.4 is 0 Å². The molecule has 2 rings (SSSR count). The van der Waals surface area contributed by atoms with Crippen LogP contribution in [0.3, 0.4) is 0 Å². The molecule has 0 radical (unpaired) electrons. The van der Waals surface area contributed by atoms with Gasteiger partial charge in [0.25, 0.3) is 0 Å². The zero-order valence-corrected chi connectivity index (χ0v) is 16.1. The lowest BCUT2D eigenvalue weighted by Gasteiger charge is -2.23. The number of esters is 1. The number of rotatable bonds is 6. The van der Waals surface area contributed by atoms with Crippen molar-refractivity contribution >= 4 is 16.9 Å². The Balaban J connectivity index is 2.54. The van der Waals surface area contributed by atoms with Crippen LogP contribution in [0.1, 0.15) is 58.7 Å². The minimum Gasteiger partial charge on any atom is -0.469 e. The van der Waals surface area contributed by atoms with Crippen molar-refractivity contribution in [2.75, 3.05) is 7.11 Å². The zero-order valence-electron chi connectivity index (χ0n) is 16.1. The number of hydrogen-bond donors (Lipinski definition) is 0. The maximum absolute atomic E-state index is 12.1. The zero-order chi connectivity index (χ0) is 18.1. The van der Waals surface area contributed by atoms with E-state index >= 15 is 0 Å². The minimum absolute atomic E-state index is 0.160. The average Bonchev–Trinajstić information content (AvgIpc) is 2.82. The summed E-state index contributed by atoms with van der Waals surface area (Å²) in [6.45, 7) is 13.8. The van der Waals surface area contributed by atoms with E-state index in [1.807, 2.05) is 13.8 Å². The van der Waals surface area contributed by atoms with E-state index in [-0.39, 0.29) is 5.97 Å². The van der Waals surface area contributed by atoms with Crippen molar-refractivity contribution < 1.29 is 9.53 Å². The van der Waals surface area contributed by atoms with Gasteiger partial charge in [0, 0.05) is 24.2 Å². The molecule has 0 aliphatic carbocycles. The third-order valence-corrected chi connectivity index (χ3v) is 4.59. The molecule has 0 aliphatic heterocycles. The van der Waals surface area contributed by atoms with Crippen LogP contribution in [0.5, 0.6) is 0 Å². The Bertz CT molecular complexity index is 723. The molecule has 0 fully saturated rings. The molecule has 0 saturated heterocycles. The van der Waals surface area contributed by atoms with Crippen LogP contribution in [-0.4, -0.2) is 17.6 Å². The van der Waals surface area contributed by atoms with E-state index in [1.54, 1.807) is 0 Å². The highest BCUT2D eigenvalue weighted by Crippen LogP contribution is 2.30. The highest BCUT2D eigenvalue weighted by atomic mass is 16.5. The molecular formula is C21H31NO2. The molecule has 0 unspecified atom stereocenters. The topological polar surface area (TPSA) is 31.2 Å². The largest absolute Gasteiger partial charge is 0.469 e. The fourth-order valence-electron chi connectivity index (χ4n) is 3.22. The Morgan fingerprint density at radius 2 is 1.83 bits per heavy atom.